The molecule has 3 aromatic rings. The van der Waals surface area contributed by atoms with Gasteiger partial charge in [-0.15, -0.1) is 0 Å². The predicted octanol–water partition coefficient (Wildman–Crippen LogP) is 4.32. The monoisotopic (exact) mass is 485 g/mol. The summed E-state index contributed by atoms with van der Waals surface area (Å²) in [4.78, 5) is 21.1. The minimum absolute atomic E-state index is 0.00246. The molecule has 6 nitrogen and oxygen atoms in total. The summed E-state index contributed by atoms with van der Waals surface area (Å²) in [7, 11) is -1.62. The second-order valence-electron chi connectivity index (χ2n) is 8.58. The number of hydrogen-bond donors (Lipinski definition) is 0. The summed E-state index contributed by atoms with van der Waals surface area (Å²) >= 11 is 6.02. The van der Waals surface area contributed by atoms with Crippen molar-refractivity contribution in [1.29, 1.82) is 0 Å². The second-order valence-corrected chi connectivity index (χ2v) is 11.2. The van der Waals surface area contributed by atoms with Crippen LogP contribution >= 0.6 is 11.6 Å². The number of carbonyl (C=O) groups excluding carboxylic acids is 1. The van der Waals surface area contributed by atoms with E-state index < -0.39 is 9.84 Å². The van der Waals surface area contributed by atoms with Gasteiger partial charge in [0.2, 0.25) is 5.91 Å². The molecule has 1 aliphatic rings. The summed E-state index contributed by atoms with van der Waals surface area (Å²) in [6.07, 6.45) is 3.47. The standard InChI is InChI=1S/C25H28ClN3O3S/c1-28(23-9-13-29(14-10-23)24-4-2-3-12-27-24)25(30)11-15-33(31,32)18-19-5-6-21-17-22(26)8-7-20(21)16-19/h2-8,12,16-17,23H,9-11,13-15,18H2,1H3. The number of halogens is 1. The topological polar surface area (TPSA) is 70.6 Å². The van der Waals surface area contributed by atoms with E-state index in [2.05, 4.69) is 9.88 Å². The summed E-state index contributed by atoms with van der Waals surface area (Å²) in [6, 6.07) is 17.0. The molecule has 0 saturated carbocycles. The molecule has 33 heavy (non-hydrogen) atoms. The SMILES string of the molecule is CN(C(=O)CCS(=O)(=O)Cc1ccc2cc(Cl)ccc2c1)C1CCN(c2ccccn2)CC1. The van der Waals surface area contributed by atoms with E-state index in [1.807, 2.05) is 42.5 Å². The molecule has 0 aliphatic carbocycles. The summed E-state index contributed by atoms with van der Waals surface area (Å²) in [6.45, 7) is 1.65. The molecule has 0 atom stereocenters. The average Bonchev–Trinajstić information content (AvgIpc) is 2.82. The zero-order valence-electron chi connectivity index (χ0n) is 18.7. The molecule has 2 heterocycles. The molecule has 1 saturated heterocycles. The number of carbonyl (C=O) groups is 1. The molecule has 2 aromatic carbocycles. The number of aromatic nitrogens is 1. The summed E-state index contributed by atoms with van der Waals surface area (Å²) in [5.74, 6) is 0.600. The molecule has 8 heteroatoms. The van der Waals surface area contributed by atoms with Gasteiger partial charge in [-0.05, 0) is 53.4 Å². The Morgan fingerprint density at radius 2 is 1.82 bits per heavy atom. The van der Waals surface area contributed by atoms with Crippen LogP contribution in [0.5, 0.6) is 0 Å². The Bertz CT molecular complexity index is 1230. The quantitative estimate of drug-likeness (QED) is 0.498. The fourth-order valence-corrected chi connectivity index (χ4v) is 5.83. The van der Waals surface area contributed by atoms with Crippen molar-refractivity contribution in [2.75, 3.05) is 30.8 Å². The van der Waals surface area contributed by atoms with E-state index in [4.69, 9.17) is 11.6 Å². The fourth-order valence-electron chi connectivity index (χ4n) is 4.33. The van der Waals surface area contributed by atoms with Gasteiger partial charge in [-0.3, -0.25) is 4.79 Å². The number of pyridine rings is 1. The highest BCUT2D eigenvalue weighted by atomic mass is 35.5. The molecule has 0 unspecified atom stereocenters. The second kappa shape index (κ2) is 10.1. The van der Waals surface area contributed by atoms with Crippen molar-refractivity contribution in [3.05, 3.63) is 71.4 Å². The molecule has 0 spiro atoms. The minimum Gasteiger partial charge on any atom is -0.356 e. The first kappa shape index (κ1) is 23.5. The highest BCUT2D eigenvalue weighted by Gasteiger charge is 2.26. The molecule has 1 amide bonds. The molecular weight excluding hydrogens is 458 g/mol. The van der Waals surface area contributed by atoms with Crippen LogP contribution in [0.15, 0.2) is 60.8 Å². The van der Waals surface area contributed by atoms with Crippen LogP contribution in [0.3, 0.4) is 0 Å². The van der Waals surface area contributed by atoms with Crippen LogP contribution in [0.1, 0.15) is 24.8 Å². The van der Waals surface area contributed by atoms with E-state index in [0.29, 0.717) is 10.6 Å². The van der Waals surface area contributed by atoms with Crippen LogP contribution in [0.4, 0.5) is 5.82 Å². The van der Waals surface area contributed by atoms with Gasteiger partial charge in [-0.2, -0.15) is 0 Å². The van der Waals surface area contributed by atoms with Crippen LogP contribution in [0, 0.1) is 0 Å². The highest BCUT2D eigenvalue weighted by Crippen LogP contribution is 2.23. The number of nitrogens with zero attached hydrogens (tertiary/aromatic N) is 3. The van der Waals surface area contributed by atoms with Crippen molar-refractivity contribution < 1.29 is 13.2 Å². The molecule has 0 bridgehead atoms. The molecule has 0 radical (unpaired) electrons. The molecule has 174 valence electrons. The largest absolute Gasteiger partial charge is 0.356 e. The molecule has 0 N–H and O–H groups in total. The van der Waals surface area contributed by atoms with Gasteiger partial charge in [0.15, 0.2) is 9.84 Å². The lowest BCUT2D eigenvalue weighted by Crippen LogP contribution is -2.46. The van der Waals surface area contributed by atoms with Crippen molar-refractivity contribution in [3.8, 4) is 0 Å². The van der Waals surface area contributed by atoms with E-state index in [1.54, 1.807) is 30.3 Å². The van der Waals surface area contributed by atoms with Crippen LogP contribution in [-0.4, -0.2) is 56.1 Å². The smallest absolute Gasteiger partial charge is 0.223 e. The van der Waals surface area contributed by atoms with Gasteiger partial charge in [0, 0.05) is 43.8 Å². The zero-order valence-corrected chi connectivity index (χ0v) is 20.2. The number of anilines is 1. The maximum atomic E-state index is 12.7. The maximum absolute atomic E-state index is 12.7. The minimum atomic E-state index is -3.41. The van der Waals surface area contributed by atoms with E-state index in [-0.39, 0.29) is 29.9 Å². The summed E-state index contributed by atoms with van der Waals surface area (Å²) < 4.78 is 25.4. The Balaban J connectivity index is 1.29. The van der Waals surface area contributed by atoms with Crippen LogP contribution in [0.2, 0.25) is 5.02 Å². The number of piperidine rings is 1. The number of fused-ring (bicyclic) bond motifs is 1. The van der Waals surface area contributed by atoms with E-state index in [0.717, 1.165) is 42.5 Å². The van der Waals surface area contributed by atoms with Crippen molar-refractivity contribution in [2.45, 2.75) is 31.1 Å². The van der Waals surface area contributed by atoms with Gasteiger partial charge >= 0.3 is 0 Å². The van der Waals surface area contributed by atoms with Crippen LogP contribution in [-0.2, 0) is 20.4 Å². The first-order valence-corrected chi connectivity index (χ1v) is 13.3. The Labute approximate surface area is 200 Å². The van der Waals surface area contributed by atoms with Crippen molar-refractivity contribution >= 4 is 43.9 Å². The summed E-state index contributed by atoms with van der Waals surface area (Å²) in [5, 5.41) is 2.56. The Morgan fingerprint density at radius 3 is 2.55 bits per heavy atom. The lowest BCUT2D eigenvalue weighted by atomic mass is 10.0. The Kier molecular flexibility index (Phi) is 7.20. The lowest BCUT2D eigenvalue weighted by Gasteiger charge is -2.37. The van der Waals surface area contributed by atoms with Crippen LogP contribution in [0.25, 0.3) is 10.8 Å². The Hall–Kier alpha value is -2.64. The van der Waals surface area contributed by atoms with Gasteiger partial charge in [0.1, 0.15) is 5.82 Å². The third-order valence-electron chi connectivity index (χ3n) is 6.26. The van der Waals surface area contributed by atoms with E-state index in [1.165, 1.54) is 0 Å². The third kappa shape index (κ3) is 6.03. The number of rotatable bonds is 7. The molecule has 1 aliphatic heterocycles. The molecular formula is C25H28ClN3O3S. The first-order valence-electron chi connectivity index (χ1n) is 11.1. The van der Waals surface area contributed by atoms with Gasteiger partial charge < -0.3 is 9.80 Å². The number of benzene rings is 2. The van der Waals surface area contributed by atoms with Gasteiger partial charge in [-0.25, -0.2) is 13.4 Å². The molecule has 4 rings (SSSR count). The number of sulfone groups is 1. The number of amides is 1. The number of hydrogen-bond acceptors (Lipinski definition) is 5. The predicted molar refractivity (Wildman–Crippen MR) is 133 cm³/mol. The van der Waals surface area contributed by atoms with E-state index in [9.17, 15) is 13.2 Å². The third-order valence-corrected chi connectivity index (χ3v) is 8.09. The summed E-state index contributed by atoms with van der Waals surface area (Å²) in [5.41, 5.74) is 0.715. The highest BCUT2D eigenvalue weighted by molar-refractivity contribution is 7.90. The van der Waals surface area contributed by atoms with Crippen molar-refractivity contribution in [1.82, 2.24) is 9.88 Å². The van der Waals surface area contributed by atoms with Crippen molar-refractivity contribution in [2.24, 2.45) is 0 Å². The lowest BCUT2D eigenvalue weighted by molar-refractivity contribution is -0.131. The fraction of sp³-hybridized carbons (Fsp3) is 0.360. The van der Waals surface area contributed by atoms with Crippen molar-refractivity contribution in [3.63, 3.8) is 0 Å². The van der Waals surface area contributed by atoms with E-state index >= 15 is 0 Å². The first-order chi connectivity index (χ1) is 15.8. The zero-order chi connectivity index (χ0) is 23.4. The van der Waals surface area contributed by atoms with Crippen LogP contribution < -0.4 is 4.90 Å². The molecule has 1 fully saturated rings. The maximum Gasteiger partial charge on any atom is 0.223 e. The van der Waals surface area contributed by atoms with Gasteiger partial charge in [0.05, 0.1) is 11.5 Å². The van der Waals surface area contributed by atoms with Gasteiger partial charge in [0.25, 0.3) is 0 Å². The molecule has 1 aromatic heterocycles. The Morgan fingerprint density at radius 1 is 1.09 bits per heavy atom. The average molecular weight is 486 g/mol. The van der Waals surface area contributed by atoms with Gasteiger partial charge in [-0.1, -0.05) is 41.9 Å². The normalized spacial score (nSPS) is 15.0.